The highest BCUT2D eigenvalue weighted by atomic mass is 79.9. The van der Waals surface area contributed by atoms with Crippen LogP contribution >= 0.6 is 34.0 Å². The van der Waals surface area contributed by atoms with Gasteiger partial charge in [0, 0.05) is 0 Å². The molecule has 0 fully saturated rings. The molecule has 0 saturated heterocycles. The minimum Gasteiger partial charge on any atom is -0.465 e. The molecule has 0 bridgehead atoms. The molecule has 4 N–H and O–H groups in total. The van der Waals surface area contributed by atoms with Crippen molar-refractivity contribution < 1.29 is 9.53 Å². The molecular formula is C8H20Br2N2O2. The summed E-state index contributed by atoms with van der Waals surface area (Å²) in [6, 6.07) is -0.475. The van der Waals surface area contributed by atoms with Gasteiger partial charge >= 0.3 is 5.97 Å². The molecule has 0 aliphatic heterocycles. The SMILES string of the molecule is Br.Br.CCOC(=O)[C@@H](N)CCCCN. The number of ether oxygens (including phenoxy) is 1. The Morgan fingerprint density at radius 1 is 1.36 bits per heavy atom. The zero-order valence-corrected chi connectivity index (χ0v) is 11.8. The average molecular weight is 336 g/mol. The first-order valence-corrected chi connectivity index (χ1v) is 4.34. The molecule has 1 atom stereocenters. The van der Waals surface area contributed by atoms with E-state index in [1.54, 1.807) is 6.92 Å². The molecule has 4 nitrogen and oxygen atoms in total. The lowest BCUT2D eigenvalue weighted by Gasteiger charge is -2.09. The molecule has 0 amide bonds. The quantitative estimate of drug-likeness (QED) is 0.564. The number of halogens is 2. The normalized spacial score (nSPS) is 10.8. The predicted molar refractivity (Wildman–Crippen MR) is 68.2 cm³/mol. The lowest BCUT2D eigenvalue weighted by atomic mass is 10.1. The number of hydrogen-bond donors (Lipinski definition) is 2. The topological polar surface area (TPSA) is 78.3 Å². The minimum absolute atomic E-state index is 0. The molecule has 0 aromatic heterocycles. The van der Waals surface area contributed by atoms with E-state index in [2.05, 4.69) is 0 Å². The van der Waals surface area contributed by atoms with Crippen molar-refractivity contribution in [3.05, 3.63) is 0 Å². The number of carbonyl (C=O) groups is 1. The van der Waals surface area contributed by atoms with Gasteiger partial charge in [-0.1, -0.05) is 6.42 Å². The smallest absolute Gasteiger partial charge is 0.322 e. The Bertz CT molecular complexity index is 137. The van der Waals surface area contributed by atoms with E-state index < -0.39 is 6.04 Å². The van der Waals surface area contributed by atoms with Crippen LogP contribution in [-0.2, 0) is 9.53 Å². The lowest BCUT2D eigenvalue weighted by molar-refractivity contribution is -0.144. The van der Waals surface area contributed by atoms with Crippen LogP contribution in [-0.4, -0.2) is 25.2 Å². The molecule has 0 rings (SSSR count). The summed E-state index contributed by atoms with van der Waals surface area (Å²) in [7, 11) is 0. The number of rotatable bonds is 6. The first-order chi connectivity index (χ1) is 5.72. The van der Waals surface area contributed by atoms with E-state index in [9.17, 15) is 4.79 Å². The second-order valence-electron chi connectivity index (χ2n) is 2.64. The number of esters is 1. The van der Waals surface area contributed by atoms with Gasteiger partial charge in [0.25, 0.3) is 0 Å². The summed E-state index contributed by atoms with van der Waals surface area (Å²) < 4.78 is 4.74. The first-order valence-electron chi connectivity index (χ1n) is 4.34. The Hall–Kier alpha value is 0.350. The van der Waals surface area contributed by atoms with Crippen LogP contribution in [0.3, 0.4) is 0 Å². The molecule has 0 spiro atoms. The Labute approximate surface area is 106 Å². The molecule has 0 unspecified atom stereocenters. The van der Waals surface area contributed by atoms with Crippen LogP contribution in [0.4, 0.5) is 0 Å². The summed E-state index contributed by atoms with van der Waals surface area (Å²) in [6.45, 7) is 2.81. The van der Waals surface area contributed by atoms with Crippen LogP contribution in [0.2, 0.25) is 0 Å². The van der Waals surface area contributed by atoms with Crippen LogP contribution in [0.1, 0.15) is 26.2 Å². The largest absolute Gasteiger partial charge is 0.465 e. The molecule has 0 aliphatic rings. The summed E-state index contributed by atoms with van der Waals surface area (Å²) >= 11 is 0. The number of unbranched alkanes of at least 4 members (excludes halogenated alkanes) is 1. The molecular weight excluding hydrogens is 316 g/mol. The average Bonchev–Trinajstić information content (AvgIpc) is 2.05. The van der Waals surface area contributed by atoms with Crippen molar-refractivity contribution in [3.8, 4) is 0 Å². The van der Waals surface area contributed by atoms with Gasteiger partial charge in [-0.25, -0.2) is 0 Å². The Morgan fingerprint density at radius 3 is 2.36 bits per heavy atom. The maximum atomic E-state index is 11.0. The van der Waals surface area contributed by atoms with E-state index in [0.717, 1.165) is 12.8 Å². The zero-order chi connectivity index (χ0) is 9.40. The summed E-state index contributed by atoms with van der Waals surface area (Å²) in [4.78, 5) is 11.0. The first kappa shape index (κ1) is 19.9. The third-order valence-electron chi connectivity index (χ3n) is 1.56. The van der Waals surface area contributed by atoms with Gasteiger partial charge in [0.1, 0.15) is 6.04 Å². The fraction of sp³-hybridized carbons (Fsp3) is 0.875. The highest BCUT2D eigenvalue weighted by Gasteiger charge is 2.12. The van der Waals surface area contributed by atoms with Crippen molar-refractivity contribution in [1.82, 2.24) is 0 Å². The van der Waals surface area contributed by atoms with Gasteiger partial charge in [-0.3, -0.25) is 4.79 Å². The fourth-order valence-electron chi connectivity index (χ4n) is 0.876. The lowest BCUT2D eigenvalue weighted by Crippen LogP contribution is -2.32. The summed E-state index contributed by atoms with van der Waals surface area (Å²) in [6.07, 6.45) is 2.46. The van der Waals surface area contributed by atoms with E-state index >= 15 is 0 Å². The van der Waals surface area contributed by atoms with Crippen molar-refractivity contribution >= 4 is 39.9 Å². The standard InChI is InChI=1S/C8H18N2O2.2BrH/c1-2-12-8(11)7(10)5-3-4-6-9;;/h7H,2-6,9-10H2,1H3;2*1H/t7-;;/m0../s1. The molecule has 0 saturated carbocycles. The molecule has 88 valence electrons. The van der Waals surface area contributed by atoms with Crippen LogP contribution in [0.5, 0.6) is 0 Å². The Kier molecular flexibility index (Phi) is 18.9. The van der Waals surface area contributed by atoms with E-state index in [1.807, 2.05) is 0 Å². The third kappa shape index (κ3) is 10.4. The Balaban J connectivity index is -0.000000605. The van der Waals surface area contributed by atoms with E-state index in [0.29, 0.717) is 19.6 Å². The van der Waals surface area contributed by atoms with Gasteiger partial charge in [0.05, 0.1) is 6.61 Å². The van der Waals surface area contributed by atoms with Gasteiger partial charge in [-0.05, 0) is 26.3 Å². The minimum atomic E-state index is -0.475. The number of carbonyl (C=O) groups excluding carboxylic acids is 1. The van der Waals surface area contributed by atoms with Crippen LogP contribution < -0.4 is 11.5 Å². The third-order valence-corrected chi connectivity index (χ3v) is 1.56. The van der Waals surface area contributed by atoms with E-state index in [-0.39, 0.29) is 39.9 Å². The highest BCUT2D eigenvalue weighted by Crippen LogP contribution is 1.99. The summed E-state index contributed by atoms with van der Waals surface area (Å²) in [5.74, 6) is -0.311. The molecule has 14 heavy (non-hydrogen) atoms. The zero-order valence-electron chi connectivity index (χ0n) is 8.40. The van der Waals surface area contributed by atoms with Gasteiger partial charge < -0.3 is 16.2 Å². The van der Waals surface area contributed by atoms with E-state index in [4.69, 9.17) is 16.2 Å². The number of nitrogens with two attached hydrogens (primary N) is 2. The van der Waals surface area contributed by atoms with Gasteiger partial charge in [-0.2, -0.15) is 0 Å². The summed E-state index contributed by atoms with van der Waals surface area (Å²) in [5, 5.41) is 0. The maximum absolute atomic E-state index is 11.0. The maximum Gasteiger partial charge on any atom is 0.322 e. The van der Waals surface area contributed by atoms with E-state index in [1.165, 1.54) is 0 Å². The molecule has 0 aromatic carbocycles. The second-order valence-corrected chi connectivity index (χ2v) is 2.64. The highest BCUT2D eigenvalue weighted by molar-refractivity contribution is 8.93. The number of hydrogen-bond acceptors (Lipinski definition) is 4. The van der Waals surface area contributed by atoms with Crippen molar-refractivity contribution in [3.63, 3.8) is 0 Å². The monoisotopic (exact) mass is 334 g/mol. The Morgan fingerprint density at radius 2 is 1.93 bits per heavy atom. The van der Waals surface area contributed by atoms with Gasteiger partial charge in [0.2, 0.25) is 0 Å². The van der Waals surface area contributed by atoms with Gasteiger partial charge in [0.15, 0.2) is 0 Å². The van der Waals surface area contributed by atoms with Gasteiger partial charge in [-0.15, -0.1) is 34.0 Å². The molecule has 0 radical (unpaired) electrons. The van der Waals surface area contributed by atoms with Crippen LogP contribution in [0.25, 0.3) is 0 Å². The van der Waals surface area contributed by atoms with Crippen LogP contribution in [0.15, 0.2) is 0 Å². The molecule has 0 aliphatic carbocycles. The van der Waals surface area contributed by atoms with Crippen molar-refractivity contribution in [2.75, 3.05) is 13.2 Å². The predicted octanol–water partition coefficient (Wildman–Crippen LogP) is 1.16. The molecule has 0 aromatic rings. The molecule has 0 heterocycles. The molecule has 6 heteroatoms. The van der Waals surface area contributed by atoms with Crippen LogP contribution in [0, 0.1) is 0 Å². The fourth-order valence-corrected chi connectivity index (χ4v) is 0.876. The van der Waals surface area contributed by atoms with Crippen molar-refractivity contribution in [2.24, 2.45) is 11.5 Å². The summed E-state index contributed by atoms with van der Waals surface area (Å²) in [5.41, 5.74) is 10.8. The van der Waals surface area contributed by atoms with Crippen molar-refractivity contribution in [1.29, 1.82) is 0 Å². The van der Waals surface area contributed by atoms with Crippen molar-refractivity contribution in [2.45, 2.75) is 32.2 Å². The second kappa shape index (κ2) is 13.4.